The van der Waals surface area contributed by atoms with E-state index in [0.717, 1.165) is 0 Å². The molecule has 1 aromatic heterocycles. The van der Waals surface area contributed by atoms with Crippen molar-refractivity contribution in [2.45, 2.75) is 19.0 Å². The quantitative estimate of drug-likeness (QED) is 0.332. The fraction of sp³-hybridized carbons (Fsp3) is 0.208. The number of aromatic nitrogens is 2. The largest absolute Gasteiger partial charge is 0.507 e. The molecule has 1 aliphatic rings. The van der Waals surface area contributed by atoms with E-state index in [4.69, 9.17) is 16.3 Å². The van der Waals surface area contributed by atoms with Crippen LogP contribution in [0.3, 0.4) is 0 Å². The number of rotatable bonds is 7. The zero-order valence-corrected chi connectivity index (χ0v) is 18.2. The van der Waals surface area contributed by atoms with E-state index in [9.17, 15) is 14.7 Å². The molecule has 0 bridgehead atoms. The average Bonchev–Trinajstić information content (AvgIpc) is 3.41. The van der Waals surface area contributed by atoms with Crippen LogP contribution in [-0.2, 0) is 16.1 Å². The van der Waals surface area contributed by atoms with Crippen LogP contribution >= 0.6 is 11.6 Å². The summed E-state index contributed by atoms with van der Waals surface area (Å²) < 4.78 is 7.07. The van der Waals surface area contributed by atoms with Gasteiger partial charge >= 0.3 is 0 Å². The van der Waals surface area contributed by atoms with Crippen molar-refractivity contribution in [1.29, 1.82) is 0 Å². The summed E-state index contributed by atoms with van der Waals surface area (Å²) >= 11 is 6.05. The van der Waals surface area contributed by atoms with E-state index in [2.05, 4.69) is 4.98 Å². The molecular weight excluding hydrogens is 430 g/mol. The summed E-state index contributed by atoms with van der Waals surface area (Å²) in [7, 11) is 1.55. The summed E-state index contributed by atoms with van der Waals surface area (Å²) in [4.78, 5) is 31.5. The van der Waals surface area contributed by atoms with Crippen LogP contribution in [0.2, 0.25) is 5.02 Å². The molecule has 3 aromatic rings. The lowest BCUT2D eigenvalue weighted by molar-refractivity contribution is -0.139. The molecule has 1 amide bonds. The number of aliphatic hydroxyl groups is 1. The zero-order valence-electron chi connectivity index (χ0n) is 17.4. The Balaban J connectivity index is 1.71. The highest BCUT2D eigenvalue weighted by Gasteiger charge is 2.45. The van der Waals surface area contributed by atoms with Crippen molar-refractivity contribution in [1.82, 2.24) is 14.5 Å². The number of hydrogen-bond donors (Lipinski definition) is 1. The monoisotopic (exact) mass is 451 g/mol. The van der Waals surface area contributed by atoms with Gasteiger partial charge in [-0.3, -0.25) is 9.59 Å². The number of likely N-dealkylation sites (tertiary alicyclic amines) is 1. The summed E-state index contributed by atoms with van der Waals surface area (Å²) in [6, 6.07) is 12.9. The summed E-state index contributed by atoms with van der Waals surface area (Å²) in [5.41, 5.74) is 1.19. The number of imidazole rings is 1. The van der Waals surface area contributed by atoms with E-state index in [1.54, 1.807) is 68.2 Å². The van der Waals surface area contributed by atoms with E-state index in [-0.39, 0.29) is 11.3 Å². The number of aliphatic hydroxyl groups excluding tert-OH is 1. The van der Waals surface area contributed by atoms with Crippen molar-refractivity contribution in [2.24, 2.45) is 0 Å². The lowest BCUT2D eigenvalue weighted by Crippen LogP contribution is -2.31. The maximum atomic E-state index is 13.0. The standard InChI is InChI=1S/C24H22ClN3O4/c1-32-19-9-5-17(6-10-19)22(29)20-21(16-3-7-18(25)8-4-16)28(24(31)23(20)30)13-2-12-27-14-11-26-15-27/h3-11,14-15,21,29H,2,12-13H2,1H3/t21-/m1/s1. The second-order valence-corrected chi connectivity index (χ2v) is 7.86. The van der Waals surface area contributed by atoms with Gasteiger partial charge in [-0.05, 0) is 48.4 Å². The molecule has 1 N–H and O–H groups in total. The second kappa shape index (κ2) is 9.28. The smallest absolute Gasteiger partial charge is 0.295 e. The Kier molecular flexibility index (Phi) is 6.28. The number of halogens is 1. The highest BCUT2D eigenvalue weighted by molar-refractivity contribution is 6.46. The highest BCUT2D eigenvalue weighted by atomic mass is 35.5. The maximum Gasteiger partial charge on any atom is 0.295 e. The number of Topliss-reactive ketones (excluding diaryl/α,β-unsaturated/α-hetero) is 1. The number of ether oxygens (including phenoxy) is 1. The Morgan fingerprint density at radius 3 is 2.44 bits per heavy atom. The number of benzene rings is 2. The van der Waals surface area contributed by atoms with Crippen LogP contribution in [0.4, 0.5) is 0 Å². The van der Waals surface area contributed by atoms with Crippen LogP contribution in [0.5, 0.6) is 5.75 Å². The van der Waals surface area contributed by atoms with E-state index in [1.165, 1.54) is 4.90 Å². The second-order valence-electron chi connectivity index (χ2n) is 7.43. The summed E-state index contributed by atoms with van der Waals surface area (Å²) in [5, 5.41) is 11.6. The molecule has 0 saturated carbocycles. The molecule has 4 rings (SSSR count). The molecule has 2 heterocycles. The molecule has 32 heavy (non-hydrogen) atoms. The number of hydrogen-bond acceptors (Lipinski definition) is 5. The van der Waals surface area contributed by atoms with Gasteiger partial charge < -0.3 is 19.3 Å². The number of carbonyl (C=O) groups is 2. The SMILES string of the molecule is COc1ccc(C(O)=C2C(=O)C(=O)N(CCCn3ccnc3)[C@@H]2c2ccc(Cl)cc2)cc1. The van der Waals surface area contributed by atoms with Gasteiger partial charge in [-0.15, -0.1) is 0 Å². The number of ketones is 1. The molecule has 8 heteroatoms. The van der Waals surface area contributed by atoms with Crippen molar-refractivity contribution in [3.63, 3.8) is 0 Å². The maximum absolute atomic E-state index is 13.0. The van der Waals surface area contributed by atoms with Gasteiger partial charge in [0.15, 0.2) is 0 Å². The van der Waals surface area contributed by atoms with Gasteiger partial charge in [-0.2, -0.15) is 0 Å². The first-order chi connectivity index (χ1) is 15.5. The third-order valence-electron chi connectivity index (χ3n) is 5.46. The van der Waals surface area contributed by atoms with Gasteiger partial charge in [-0.25, -0.2) is 4.98 Å². The zero-order chi connectivity index (χ0) is 22.7. The molecule has 7 nitrogen and oxygen atoms in total. The number of amides is 1. The highest BCUT2D eigenvalue weighted by Crippen LogP contribution is 2.39. The van der Waals surface area contributed by atoms with Gasteiger partial charge in [-0.1, -0.05) is 23.7 Å². The minimum absolute atomic E-state index is 0.0603. The molecule has 164 valence electrons. The predicted molar refractivity (Wildman–Crippen MR) is 120 cm³/mol. The van der Waals surface area contributed by atoms with Crippen LogP contribution in [0.1, 0.15) is 23.6 Å². The van der Waals surface area contributed by atoms with E-state index >= 15 is 0 Å². The lowest BCUT2D eigenvalue weighted by Gasteiger charge is -2.25. The van der Waals surface area contributed by atoms with Gasteiger partial charge in [0, 0.05) is 36.1 Å². The first-order valence-corrected chi connectivity index (χ1v) is 10.5. The van der Waals surface area contributed by atoms with Gasteiger partial charge in [0.1, 0.15) is 11.5 Å². The molecule has 0 unspecified atom stereocenters. The van der Waals surface area contributed by atoms with Crippen LogP contribution in [0.25, 0.3) is 5.76 Å². The molecule has 0 aliphatic carbocycles. The van der Waals surface area contributed by atoms with Crippen LogP contribution in [0.15, 0.2) is 72.8 Å². The molecule has 2 aromatic carbocycles. The normalized spacial score (nSPS) is 17.7. The van der Waals surface area contributed by atoms with E-state index in [0.29, 0.717) is 41.4 Å². The summed E-state index contributed by atoms with van der Waals surface area (Å²) in [6.45, 7) is 0.990. The van der Waals surface area contributed by atoms with Gasteiger partial charge in [0.05, 0.1) is 25.1 Å². The first kappa shape index (κ1) is 21.6. The van der Waals surface area contributed by atoms with Crippen molar-refractivity contribution in [3.05, 3.63) is 89.0 Å². The van der Waals surface area contributed by atoms with E-state index in [1.807, 2.05) is 10.8 Å². The topological polar surface area (TPSA) is 84.7 Å². The number of nitrogens with zero attached hydrogens (tertiary/aromatic N) is 3. The van der Waals surface area contributed by atoms with Crippen molar-refractivity contribution in [2.75, 3.05) is 13.7 Å². The molecule has 0 radical (unpaired) electrons. The van der Waals surface area contributed by atoms with Crippen molar-refractivity contribution >= 4 is 29.1 Å². The Bertz CT molecular complexity index is 1140. The fourth-order valence-electron chi connectivity index (χ4n) is 3.85. The number of methoxy groups -OCH3 is 1. The van der Waals surface area contributed by atoms with Gasteiger partial charge in [0.25, 0.3) is 11.7 Å². The minimum Gasteiger partial charge on any atom is -0.507 e. The van der Waals surface area contributed by atoms with Crippen molar-refractivity contribution in [3.8, 4) is 5.75 Å². The Morgan fingerprint density at radius 1 is 1.09 bits per heavy atom. The van der Waals surface area contributed by atoms with Crippen LogP contribution in [0, 0.1) is 0 Å². The molecule has 1 aliphatic heterocycles. The number of aryl methyl sites for hydroxylation is 1. The predicted octanol–water partition coefficient (Wildman–Crippen LogP) is 4.06. The molecule has 0 spiro atoms. The third kappa shape index (κ3) is 4.24. The third-order valence-corrected chi connectivity index (χ3v) is 5.72. The first-order valence-electron chi connectivity index (χ1n) is 10.1. The minimum atomic E-state index is -0.711. The van der Waals surface area contributed by atoms with Crippen molar-refractivity contribution < 1.29 is 19.4 Å². The number of carbonyl (C=O) groups excluding carboxylic acids is 2. The average molecular weight is 452 g/mol. The lowest BCUT2D eigenvalue weighted by atomic mass is 9.95. The molecule has 1 saturated heterocycles. The molecular formula is C24H22ClN3O4. The summed E-state index contributed by atoms with van der Waals surface area (Å²) in [6.07, 6.45) is 5.85. The van der Waals surface area contributed by atoms with E-state index < -0.39 is 17.7 Å². The van der Waals surface area contributed by atoms with Crippen LogP contribution < -0.4 is 4.74 Å². The Labute approximate surface area is 190 Å². The van der Waals surface area contributed by atoms with Gasteiger partial charge in [0.2, 0.25) is 0 Å². The molecule has 1 fully saturated rings. The fourth-order valence-corrected chi connectivity index (χ4v) is 3.98. The Morgan fingerprint density at radius 2 is 1.81 bits per heavy atom. The summed E-state index contributed by atoms with van der Waals surface area (Å²) in [5.74, 6) is -0.939. The molecule has 1 atom stereocenters. The Hall–Kier alpha value is -3.58. The van der Waals surface area contributed by atoms with Crippen LogP contribution in [-0.4, -0.2) is 44.9 Å².